The number of carbonyl (C=O) groups is 1. The first-order chi connectivity index (χ1) is 16.7. The van der Waals surface area contributed by atoms with Crippen molar-refractivity contribution in [1.82, 2.24) is 0 Å². The van der Waals surface area contributed by atoms with Gasteiger partial charge < -0.3 is 44.8 Å². The molecule has 10 nitrogen and oxygen atoms in total. The van der Waals surface area contributed by atoms with Crippen LogP contribution in [0.2, 0.25) is 0 Å². The van der Waals surface area contributed by atoms with Gasteiger partial charge in [0.15, 0.2) is 34.9 Å². The number of fused-ring (bicyclic) bond motifs is 1. The second-order valence-corrected chi connectivity index (χ2v) is 7.83. The fourth-order valence-electron chi connectivity index (χ4n) is 3.77. The Morgan fingerprint density at radius 1 is 0.943 bits per heavy atom. The molecule has 0 unspecified atom stereocenters. The molecule has 0 aliphatic carbocycles. The average Bonchev–Trinajstić information content (AvgIpc) is 2.81. The summed E-state index contributed by atoms with van der Waals surface area (Å²) in [5.41, 5.74) is 1.02. The molecular formula is C25H22O10. The first-order valence-electron chi connectivity index (χ1n) is 10.4. The van der Waals surface area contributed by atoms with Crippen molar-refractivity contribution in [3.63, 3.8) is 0 Å². The molecule has 1 heterocycles. The second-order valence-electron chi connectivity index (χ2n) is 7.83. The minimum atomic E-state index is -1.06. The molecule has 0 amide bonds. The van der Waals surface area contributed by atoms with Crippen LogP contribution in [0, 0.1) is 0 Å². The van der Waals surface area contributed by atoms with Crippen LogP contribution in [0.4, 0.5) is 0 Å². The number of phenolic OH excluding ortho intramolecular Hbond substituents is 6. The van der Waals surface area contributed by atoms with Crippen LogP contribution in [0.15, 0.2) is 48.5 Å². The van der Waals surface area contributed by atoms with Gasteiger partial charge in [-0.1, -0.05) is 6.07 Å². The Balaban J connectivity index is 1.64. The summed E-state index contributed by atoms with van der Waals surface area (Å²) in [5, 5.41) is 59.3. The molecule has 0 saturated carbocycles. The lowest BCUT2D eigenvalue weighted by Gasteiger charge is -2.33. The molecule has 0 bridgehead atoms. The van der Waals surface area contributed by atoms with E-state index in [-0.39, 0.29) is 46.3 Å². The molecule has 0 fully saturated rings. The minimum absolute atomic E-state index is 0.0128. The molecule has 0 spiro atoms. The summed E-state index contributed by atoms with van der Waals surface area (Å²) in [6.07, 6.45) is 0.507. The van der Waals surface area contributed by atoms with Gasteiger partial charge in [0.05, 0.1) is 7.11 Å². The van der Waals surface area contributed by atoms with Gasteiger partial charge in [-0.3, -0.25) is 0 Å². The van der Waals surface area contributed by atoms with Gasteiger partial charge in [-0.05, 0) is 35.9 Å². The molecular weight excluding hydrogens is 460 g/mol. The molecule has 3 aromatic rings. The highest BCUT2D eigenvalue weighted by Crippen LogP contribution is 2.45. The van der Waals surface area contributed by atoms with E-state index in [4.69, 9.17) is 14.2 Å². The lowest BCUT2D eigenvalue weighted by Crippen LogP contribution is -2.34. The van der Waals surface area contributed by atoms with Gasteiger partial charge in [-0.15, -0.1) is 0 Å². The summed E-state index contributed by atoms with van der Waals surface area (Å²) in [4.78, 5) is 12.6. The Morgan fingerprint density at radius 2 is 1.66 bits per heavy atom. The number of ether oxygens (including phenoxy) is 3. The lowest BCUT2D eigenvalue weighted by molar-refractivity contribution is -0.149. The molecule has 10 heteroatoms. The predicted molar refractivity (Wildman–Crippen MR) is 122 cm³/mol. The molecule has 4 rings (SSSR count). The summed E-state index contributed by atoms with van der Waals surface area (Å²) in [6.45, 7) is 0. The first-order valence-corrected chi connectivity index (χ1v) is 10.4. The van der Waals surface area contributed by atoms with Crippen LogP contribution in [0.5, 0.6) is 46.0 Å². The number of carbonyl (C=O) groups excluding carboxylic acids is 1. The molecule has 2 atom stereocenters. The van der Waals surface area contributed by atoms with Gasteiger partial charge in [-0.2, -0.15) is 0 Å². The number of rotatable bonds is 5. The van der Waals surface area contributed by atoms with Gasteiger partial charge in [0.1, 0.15) is 23.4 Å². The standard InChI is InChI=1S/C25H22O10/c1-33-21-6-12(2-4-16(21)27)3-5-23(31)34-22-11-15-17(28)9-14(26)10-20(15)35-25(22)13-7-18(29)24(32)19(30)8-13/h2-10,22,25-30,32H,11H2,1H3/b5-3+/t22-,25-/m1/s1. The number of hydrogen-bond acceptors (Lipinski definition) is 10. The van der Waals surface area contributed by atoms with Crippen molar-refractivity contribution in [3.05, 3.63) is 65.2 Å². The largest absolute Gasteiger partial charge is 0.508 e. The summed E-state index contributed by atoms with van der Waals surface area (Å²) in [6, 6.07) is 9.19. The molecule has 35 heavy (non-hydrogen) atoms. The number of esters is 1. The number of hydrogen-bond donors (Lipinski definition) is 6. The molecule has 1 aliphatic heterocycles. The van der Waals surface area contributed by atoms with E-state index in [0.717, 1.165) is 24.3 Å². The van der Waals surface area contributed by atoms with E-state index in [1.54, 1.807) is 6.07 Å². The minimum Gasteiger partial charge on any atom is -0.508 e. The van der Waals surface area contributed by atoms with Crippen LogP contribution in [0.1, 0.15) is 22.8 Å². The predicted octanol–water partition coefficient (Wildman–Crippen LogP) is 3.23. The Morgan fingerprint density at radius 3 is 2.34 bits per heavy atom. The van der Waals surface area contributed by atoms with E-state index < -0.39 is 35.4 Å². The van der Waals surface area contributed by atoms with Crippen LogP contribution in [0.3, 0.4) is 0 Å². The third-order valence-corrected chi connectivity index (χ3v) is 5.47. The maximum absolute atomic E-state index is 12.6. The van der Waals surface area contributed by atoms with Crippen molar-refractivity contribution in [2.45, 2.75) is 18.6 Å². The fraction of sp³-hybridized carbons (Fsp3) is 0.160. The van der Waals surface area contributed by atoms with Gasteiger partial charge in [0.2, 0.25) is 0 Å². The smallest absolute Gasteiger partial charge is 0.331 e. The Labute approximate surface area is 199 Å². The zero-order chi connectivity index (χ0) is 25.3. The first kappa shape index (κ1) is 23.4. The summed E-state index contributed by atoms with van der Waals surface area (Å²) in [7, 11) is 1.39. The Bertz CT molecular complexity index is 1290. The van der Waals surface area contributed by atoms with E-state index in [9.17, 15) is 35.4 Å². The zero-order valence-electron chi connectivity index (χ0n) is 18.4. The summed E-state index contributed by atoms with van der Waals surface area (Å²) >= 11 is 0. The Kier molecular flexibility index (Phi) is 6.20. The van der Waals surface area contributed by atoms with Gasteiger partial charge in [-0.25, -0.2) is 4.79 Å². The highest BCUT2D eigenvalue weighted by atomic mass is 16.6. The van der Waals surface area contributed by atoms with Crippen molar-refractivity contribution < 1.29 is 49.6 Å². The maximum atomic E-state index is 12.6. The fourth-order valence-corrected chi connectivity index (χ4v) is 3.77. The number of methoxy groups -OCH3 is 1. The molecule has 0 radical (unpaired) electrons. The zero-order valence-corrected chi connectivity index (χ0v) is 18.4. The van der Waals surface area contributed by atoms with Crippen LogP contribution in [-0.2, 0) is 16.0 Å². The van der Waals surface area contributed by atoms with Crippen molar-refractivity contribution in [3.8, 4) is 46.0 Å². The van der Waals surface area contributed by atoms with Crippen LogP contribution >= 0.6 is 0 Å². The second kappa shape index (κ2) is 9.26. The molecule has 0 aromatic heterocycles. The molecule has 0 saturated heterocycles. The highest BCUT2D eigenvalue weighted by Gasteiger charge is 2.36. The molecule has 182 valence electrons. The van der Waals surface area contributed by atoms with Gasteiger partial charge in [0, 0.05) is 35.8 Å². The van der Waals surface area contributed by atoms with Crippen molar-refractivity contribution in [2.24, 2.45) is 0 Å². The topological polar surface area (TPSA) is 166 Å². The van der Waals surface area contributed by atoms with E-state index >= 15 is 0 Å². The van der Waals surface area contributed by atoms with Crippen molar-refractivity contribution in [1.29, 1.82) is 0 Å². The third kappa shape index (κ3) is 4.81. The average molecular weight is 482 g/mol. The summed E-state index contributed by atoms with van der Waals surface area (Å²) in [5.74, 6) is -2.92. The third-order valence-electron chi connectivity index (χ3n) is 5.47. The van der Waals surface area contributed by atoms with E-state index in [1.165, 1.54) is 31.4 Å². The SMILES string of the molecule is COc1cc(/C=C/C(=O)O[C@@H]2Cc3c(O)cc(O)cc3O[C@@H]2c2cc(O)c(O)c(O)c2)ccc1O. The Hall–Kier alpha value is -4.73. The molecule has 1 aliphatic rings. The number of phenols is 6. The van der Waals surface area contributed by atoms with E-state index in [1.807, 2.05) is 0 Å². The van der Waals surface area contributed by atoms with Crippen LogP contribution in [-0.4, -0.2) is 49.8 Å². The monoisotopic (exact) mass is 482 g/mol. The maximum Gasteiger partial charge on any atom is 0.331 e. The van der Waals surface area contributed by atoms with Crippen molar-refractivity contribution in [2.75, 3.05) is 7.11 Å². The molecule has 6 N–H and O–H groups in total. The van der Waals surface area contributed by atoms with E-state index in [2.05, 4.69) is 0 Å². The number of benzene rings is 3. The highest BCUT2D eigenvalue weighted by molar-refractivity contribution is 5.87. The number of aromatic hydroxyl groups is 6. The summed E-state index contributed by atoms with van der Waals surface area (Å²) < 4.78 is 16.5. The van der Waals surface area contributed by atoms with Gasteiger partial charge in [0.25, 0.3) is 0 Å². The van der Waals surface area contributed by atoms with E-state index in [0.29, 0.717) is 5.56 Å². The van der Waals surface area contributed by atoms with Gasteiger partial charge >= 0.3 is 5.97 Å². The van der Waals surface area contributed by atoms with Crippen molar-refractivity contribution >= 4 is 12.0 Å². The molecule has 3 aromatic carbocycles. The normalized spacial score (nSPS) is 16.9. The quantitative estimate of drug-likeness (QED) is 0.181. The van der Waals surface area contributed by atoms with Crippen LogP contribution < -0.4 is 9.47 Å². The lowest BCUT2D eigenvalue weighted by atomic mass is 9.93. The van der Waals surface area contributed by atoms with Crippen LogP contribution in [0.25, 0.3) is 6.08 Å².